The summed E-state index contributed by atoms with van der Waals surface area (Å²) in [5.41, 5.74) is 1.05. The standard InChI is InChI=1S/C16H22ClN3O2.HI/c1-18-16(20-12-4-2-3-5-12)19-10-11-8-13(17)15-14(9-11)21-6-7-22-15;/h8-9,12H,2-7,10H2,1H3,(H2,18,19,20);1H. The molecule has 1 aromatic carbocycles. The molecule has 0 aromatic heterocycles. The van der Waals surface area contributed by atoms with Crippen molar-refractivity contribution in [1.82, 2.24) is 10.6 Å². The summed E-state index contributed by atoms with van der Waals surface area (Å²) in [6, 6.07) is 4.41. The maximum Gasteiger partial charge on any atom is 0.191 e. The maximum atomic E-state index is 6.26. The lowest BCUT2D eigenvalue weighted by atomic mass is 10.2. The molecule has 0 amide bonds. The van der Waals surface area contributed by atoms with E-state index in [1.165, 1.54) is 25.7 Å². The highest BCUT2D eigenvalue weighted by Gasteiger charge is 2.18. The Morgan fingerprint density at radius 1 is 1.26 bits per heavy atom. The molecule has 5 nitrogen and oxygen atoms in total. The number of ether oxygens (including phenoxy) is 2. The lowest BCUT2D eigenvalue weighted by Gasteiger charge is -2.21. The molecule has 0 bridgehead atoms. The molecule has 1 aliphatic carbocycles. The largest absolute Gasteiger partial charge is 0.486 e. The van der Waals surface area contributed by atoms with Crippen LogP contribution in [0.3, 0.4) is 0 Å². The Kier molecular flexibility index (Phi) is 7.08. The highest BCUT2D eigenvalue weighted by molar-refractivity contribution is 14.0. The van der Waals surface area contributed by atoms with Crippen molar-refractivity contribution in [2.24, 2.45) is 4.99 Å². The van der Waals surface area contributed by atoms with Gasteiger partial charge in [0.05, 0.1) is 5.02 Å². The summed E-state index contributed by atoms with van der Waals surface area (Å²) in [5.74, 6) is 2.19. The minimum absolute atomic E-state index is 0. The average molecular weight is 452 g/mol. The van der Waals surface area contributed by atoms with E-state index in [-0.39, 0.29) is 24.0 Å². The fourth-order valence-electron chi connectivity index (χ4n) is 2.91. The summed E-state index contributed by atoms with van der Waals surface area (Å²) in [7, 11) is 1.79. The highest BCUT2D eigenvalue weighted by Crippen LogP contribution is 2.38. The number of fused-ring (bicyclic) bond motifs is 1. The van der Waals surface area contributed by atoms with Gasteiger partial charge in [0.1, 0.15) is 13.2 Å². The van der Waals surface area contributed by atoms with Gasteiger partial charge in [0.25, 0.3) is 0 Å². The smallest absolute Gasteiger partial charge is 0.191 e. The van der Waals surface area contributed by atoms with Crippen LogP contribution in [-0.2, 0) is 6.54 Å². The Morgan fingerprint density at radius 3 is 2.74 bits per heavy atom. The molecule has 3 rings (SSSR count). The van der Waals surface area contributed by atoms with Gasteiger partial charge in [-0.2, -0.15) is 0 Å². The highest BCUT2D eigenvalue weighted by atomic mass is 127. The fraction of sp³-hybridized carbons (Fsp3) is 0.562. The van der Waals surface area contributed by atoms with E-state index in [4.69, 9.17) is 21.1 Å². The van der Waals surface area contributed by atoms with Gasteiger partial charge < -0.3 is 20.1 Å². The molecule has 7 heteroatoms. The fourth-order valence-corrected chi connectivity index (χ4v) is 3.20. The van der Waals surface area contributed by atoms with E-state index >= 15 is 0 Å². The molecular weight excluding hydrogens is 429 g/mol. The number of hydrogen-bond donors (Lipinski definition) is 2. The zero-order valence-corrected chi connectivity index (χ0v) is 16.3. The van der Waals surface area contributed by atoms with Gasteiger partial charge in [-0.15, -0.1) is 24.0 Å². The van der Waals surface area contributed by atoms with Crippen LogP contribution in [0.25, 0.3) is 0 Å². The third-order valence-corrected chi connectivity index (χ3v) is 4.32. The molecule has 23 heavy (non-hydrogen) atoms. The molecule has 0 unspecified atom stereocenters. The van der Waals surface area contributed by atoms with Crippen LogP contribution in [0.5, 0.6) is 11.5 Å². The SMILES string of the molecule is CN=C(NCc1cc(Cl)c2c(c1)OCCO2)NC1CCCC1.I. The monoisotopic (exact) mass is 451 g/mol. The molecule has 1 heterocycles. The first kappa shape index (κ1) is 18.4. The molecule has 1 aliphatic heterocycles. The number of halogens is 2. The van der Waals surface area contributed by atoms with Crippen molar-refractivity contribution in [3.8, 4) is 11.5 Å². The normalized spacial score (nSPS) is 17.6. The number of guanidine groups is 1. The van der Waals surface area contributed by atoms with E-state index in [0.29, 0.717) is 42.3 Å². The van der Waals surface area contributed by atoms with Crippen molar-refractivity contribution in [2.45, 2.75) is 38.3 Å². The predicted molar refractivity (Wildman–Crippen MR) is 103 cm³/mol. The Balaban J connectivity index is 0.00000192. The number of nitrogens with one attached hydrogen (secondary N) is 2. The molecule has 1 aromatic rings. The maximum absolute atomic E-state index is 6.26. The first-order valence-corrected chi connectivity index (χ1v) is 8.19. The lowest BCUT2D eigenvalue weighted by Crippen LogP contribution is -2.41. The van der Waals surface area contributed by atoms with Gasteiger partial charge >= 0.3 is 0 Å². The van der Waals surface area contributed by atoms with Crippen LogP contribution in [-0.4, -0.2) is 32.3 Å². The number of hydrogen-bond acceptors (Lipinski definition) is 3. The average Bonchev–Trinajstić information content (AvgIpc) is 3.04. The van der Waals surface area contributed by atoms with Gasteiger partial charge in [0.15, 0.2) is 17.5 Å². The van der Waals surface area contributed by atoms with Gasteiger partial charge in [-0.1, -0.05) is 24.4 Å². The molecule has 0 spiro atoms. The summed E-state index contributed by atoms with van der Waals surface area (Å²) >= 11 is 6.26. The van der Waals surface area contributed by atoms with E-state index < -0.39 is 0 Å². The van der Waals surface area contributed by atoms with Gasteiger partial charge in [0.2, 0.25) is 0 Å². The van der Waals surface area contributed by atoms with Crippen molar-refractivity contribution < 1.29 is 9.47 Å². The summed E-state index contributed by atoms with van der Waals surface area (Å²) < 4.78 is 11.1. The quantitative estimate of drug-likeness (QED) is 0.420. The number of nitrogens with zero attached hydrogens (tertiary/aromatic N) is 1. The van der Waals surface area contributed by atoms with Crippen molar-refractivity contribution in [2.75, 3.05) is 20.3 Å². The van der Waals surface area contributed by atoms with Crippen molar-refractivity contribution in [3.63, 3.8) is 0 Å². The van der Waals surface area contributed by atoms with Crippen molar-refractivity contribution in [3.05, 3.63) is 22.7 Å². The number of benzene rings is 1. The molecule has 1 fully saturated rings. The van der Waals surface area contributed by atoms with Crippen molar-refractivity contribution >= 4 is 41.5 Å². The Hall–Kier alpha value is -0.890. The van der Waals surface area contributed by atoms with Crippen LogP contribution in [0.2, 0.25) is 5.02 Å². The van der Waals surface area contributed by atoms with Gasteiger partial charge in [-0.3, -0.25) is 4.99 Å². The predicted octanol–water partition coefficient (Wildman–Crippen LogP) is 3.34. The summed E-state index contributed by atoms with van der Waals surface area (Å²) in [5, 5.41) is 7.38. The second-order valence-corrected chi connectivity index (χ2v) is 6.06. The van der Waals surface area contributed by atoms with Crippen LogP contribution in [0, 0.1) is 0 Å². The Bertz CT molecular complexity index is 563. The van der Waals surface area contributed by atoms with E-state index in [2.05, 4.69) is 15.6 Å². The van der Waals surface area contributed by atoms with E-state index in [1.807, 2.05) is 12.1 Å². The number of rotatable bonds is 3. The third kappa shape index (κ3) is 4.79. The summed E-state index contributed by atoms with van der Waals surface area (Å²) in [4.78, 5) is 4.28. The van der Waals surface area contributed by atoms with Gasteiger partial charge in [0, 0.05) is 19.6 Å². The third-order valence-electron chi connectivity index (χ3n) is 4.04. The van der Waals surface area contributed by atoms with Crippen LogP contribution < -0.4 is 20.1 Å². The van der Waals surface area contributed by atoms with Crippen molar-refractivity contribution in [1.29, 1.82) is 0 Å². The summed E-state index contributed by atoms with van der Waals surface area (Å²) in [6.45, 7) is 1.75. The molecular formula is C16H23ClIN3O2. The number of aliphatic imine (C=N–C) groups is 1. The summed E-state index contributed by atoms with van der Waals surface area (Å²) in [6.07, 6.45) is 5.03. The zero-order valence-electron chi connectivity index (χ0n) is 13.2. The lowest BCUT2D eigenvalue weighted by molar-refractivity contribution is 0.171. The van der Waals surface area contributed by atoms with Crippen LogP contribution in [0.15, 0.2) is 17.1 Å². The molecule has 1 saturated carbocycles. The molecule has 0 saturated heterocycles. The van der Waals surface area contributed by atoms with E-state index in [1.54, 1.807) is 7.05 Å². The Labute approximate surface area is 159 Å². The van der Waals surface area contributed by atoms with E-state index in [0.717, 1.165) is 11.5 Å². The Morgan fingerprint density at radius 2 is 2.00 bits per heavy atom. The molecule has 0 radical (unpaired) electrons. The van der Waals surface area contributed by atoms with Crippen LogP contribution in [0.4, 0.5) is 0 Å². The first-order valence-electron chi connectivity index (χ1n) is 7.81. The van der Waals surface area contributed by atoms with Crippen LogP contribution >= 0.6 is 35.6 Å². The molecule has 0 atom stereocenters. The van der Waals surface area contributed by atoms with Crippen LogP contribution in [0.1, 0.15) is 31.2 Å². The van der Waals surface area contributed by atoms with Gasteiger partial charge in [-0.05, 0) is 30.5 Å². The first-order chi connectivity index (χ1) is 10.8. The molecule has 2 N–H and O–H groups in total. The topological polar surface area (TPSA) is 54.9 Å². The second-order valence-electron chi connectivity index (χ2n) is 5.65. The molecule has 2 aliphatic rings. The zero-order chi connectivity index (χ0) is 15.4. The van der Waals surface area contributed by atoms with Gasteiger partial charge in [-0.25, -0.2) is 0 Å². The second kappa shape index (κ2) is 8.82. The molecule has 128 valence electrons. The minimum atomic E-state index is 0. The van der Waals surface area contributed by atoms with E-state index in [9.17, 15) is 0 Å². The minimum Gasteiger partial charge on any atom is -0.486 e.